The van der Waals surface area contributed by atoms with Gasteiger partial charge in [0.25, 0.3) is 0 Å². The summed E-state index contributed by atoms with van der Waals surface area (Å²) in [5.74, 6) is 1.53. The molecule has 1 heterocycles. The molecule has 0 spiro atoms. The molecular weight excluding hydrogens is 330 g/mol. The first-order valence-corrected chi connectivity index (χ1v) is 9.73. The van der Waals surface area contributed by atoms with Crippen LogP contribution in [-0.4, -0.2) is 37.4 Å². The molecule has 144 valence electrons. The van der Waals surface area contributed by atoms with Crippen LogP contribution in [0.5, 0.6) is 11.5 Å². The Bertz CT molecular complexity index is 633. The van der Waals surface area contributed by atoms with Gasteiger partial charge in [0.1, 0.15) is 13.2 Å². The van der Waals surface area contributed by atoms with Crippen LogP contribution in [0.2, 0.25) is 0 Å². The Hall–Kier alpha value is -1.75. The lowest BCUT2D eigenvalue weighted by molar-refractivity contribution is -0.127. The van der Waals surface area contributed by atoms with Crippen LogP contribution in [-0.2, 0) is 14.9 Å². The maximum atomic E-state index is 12.9. The molecule has 0 saturated heterocycles. The van der Waals surface area contributed by atoms with Gasteiger partial charge in [-0.05, 0) is 71.1 Å². The molecule has 0 radical (unpaired) electrons. The lowest BCUT2D eigenvalue weighted by Gasteiger charge is -2.33. The van der Waals surface area contributed by atoms with Crippen LogP contribution in [0.4, 0.5) is 0 Å². The van der Waals surface area contributed by atoms with Gasteiger partial charge in [0.15, 0.2) is 11.5 Å². The van der Waals surface area contributed by atoms with Crippen molar-refractivity contribution in [3.63, 3.8) is 0 Å². The maximum absolute atomic E-state index is 12.9. The van der Waals surface area contributed by atoms with Crippen molar-refractivity contribution in [2.75, 3.05) is 13.2 Å². The van der Waals surface area contributed by atoms with Crippen molar-refractivity contribution in [3.8, 4) is 11.5 Å². The van der Waals surface area contributed by atoms with Crippen LogP contribution in [0.25, 0.3) is 0 Å². The molecule has 5 nitrogen and oxygen atoms in total. The van der Waals surface area contributed by atoms with Gasteiger partial charge >= 0.3 is 0 Å². The smallest absolute Gasteiger partial charge is 0.230 e. The molecule has 1 aliphatic carbocycles. The van der Waals surface area contributed by atoms with Gasteiger partial charge in [-0.25, -0.2) is 0 Å². The van der Waals surface area contributed by atoms with E-state index in [9.17, 15) is 4.79 Å². The van der Waals surface area contributed by atoms with E-state index in [1.54, 1.807) is 0 Å². The van der Waals surface area contributed by atoms with E-state index in [1.807, 2.05) is 32.0 Å². The zero-order chi connectivity index (χ0) is 18.7. The van der Waals surface area contributed by atoms with E-state index in [0.29, 0.717) is 19.3 Å². The minimum atomic E-state index is -0.624. The Morgan fingerprint density at radius 3 is 2.42 bits per heavy atom. The minimum Gasteiger partial charge on any atom is -0.486 e. The first-order valence-electron chi connectivity index (χ1n) is 9.73. The van der Waals surface area contributed by atoms with Crippen molar-refractivity contribution in [3.05, 3.63) is 23.8 Å². The summed E-state index contributed by atoms with van der Waals surface area (Å²) in [6.45, 7) is 9.18. The number of carbonyl (C=O) groups is 1. The number of ether oxygens (including phenoxy) is 3. The second-order valence-corrected chi connectivity index (χ2v) is 8.12. The topological polar surface area (TPSA) is 56.8 Å². The highest BCUT2D eigenvalue weighted by Crippen LogP contribution is 2.35. The zero-order valence-corrected chi connectivity index (χ0v) is 16.3. The third kappa shape index (κ3) is 4.32. The largest absolute Gasteiger partial charge is 0.486 e. The van der Waals surface area contributed by atoms with Crippen LogP contribution in [0.15, 0.2) is 18.2 Å². The van der Waals surface area contributed by atoms with E-state index in [0.717, 1.165) is 42.7 Å². The lowest BCUT2D eigenvalue weighted by Crippen LogP contribution is -2.47. The highest BCUT2D eigenvalue weighted by atomic mass is 16.6. The van der Waals surface area contributed by atoms with Crippen molar-refractivity contribution in [1.82, 2.24) is 5.32 Å². The minimum absolute atomic E-state index is 0.0578. The number of nitrogens with one attached hydrogen (secondary N) is 1. The zero-order valence-electron chi connectivity index (χ0n) is 16.3. The molecule has 0 bridgehead atoms. The number of hydrogen-bond donors (Lipinski definition) is 1. The number of hydrogen-bond acceptors (Lipinski definition) is 4. The summed E-state index contributed by atoms with van der Waals surface area (Å²) in [6.07, 6.45) is 4.55. The third-order valence-corrected chi connectivity index (χ3v) is 5.31. The summed E-state index contributed by atoms with van der Waals surface area (Å²) >= 11 is 0. The monoisotopic (exact) mass is 361 g/mol. The number of amides is 1. The van der Waals surface area contributed by atoms with E-state index in [-0.39, 0.29) is 18.1 Å². The molecule has 5 heteroatoms. The Balaban J connectivity index is 1.60. The highest BCUT2D eigenvalue weighted by Gasteiger charge is 2.33. The van der Waals surface area contributed by atoms with Crippen molar-refractivity contribution in [2.45, 2.75) is 77.0 Å². The van der Waals surface area contributed by atoms with Gasteiger partial charge in [-0.3, -0.25) is 4.79 Å². The van der Waals surface area contributed by atoms with Crippen LogP contribution in [0.3, 0.4) is 0 Å². The molecule has 26 heavy (non-hydrogen) atoms. The molecule has 0 unspecified atom stereocenters. The average molecular weight is 361 g/mol. The second kappa shape index (κ2) is 7.87. The summed E-state index contributed by atoms with van der Waals surface area (Å²) in [4.78, 5) is 12.9. The summed E-state index contributed by atoms with van der Waals surface area (Å²) in [6, 6.07) is 6.01. The molecule has 1 aliphatic heterocycles. The molecule has 2 aliphatic rings. The van der Waals surface area contributed by atoms with Crippen LogP contribution in [0.1, 0.15) is 58.9 Å². The quantitative estimate of drug-likeness (QED) is 0.871. The Morgan fingerprint density at radius 1 is 1.12 bits per heavy atom. The van der Waals surface area contributed by atoms with Gasteiger partial charge < -0.3 is 19.5 Å². The SMILES string of the molecule is CC(C)OC1CCC(NC(=O)C(C)(C)c2ccc3c(c2)OCCO3)CC1. The first kappa shape index (κ1) is 19.0. The molecule has 0 atom stereocenters. The van der Waals surface area contributed by atoms with Crippen molar-refractivity contribution in [2.24, 2.45) is 0 Å². The van der Waals surface area contributed by atoms with Crippen molar-refractivity contribution >= 4 is 5.91 Å². The predicted molar refractivity (Wildman–Crippen MR) is 101 cm³/mol. The van der Waals surface area contributed by atoms with Gasteiger partial charge in [0.2, 0.25) is 5.91 Å². The average Bonchev–Trinajstić information content (AvgIpc) is 2.62. The van der Waals surface area contributed by atoms with E-state index in [2.05, 4.69) is 19.2 Å². The van der Waals surface area contributed by atoms with Gasteiger partial charge in [0, 0.05) is 6.04 Å². The fourth-order valence-corrected chi connectivity index (χ4v) is 3.66. The third-order valence-electron chi connectivity index (χ3n) is 5.31. The summed E-state index contributed by atoms with van der Waals surface area (Å²) in [7, 11) is 0. The van der Waals surface area contributed by atoms with Gasteiger partial charge in [-0.15, -0.1) is 0 Å². The fourth-order valence-electron chi connectivity index (χ4n) is 3.66. The Morgan fingerprint density at radius 2 is 1.77 bits per heavy atom. The predicted octanol–water partition coefficient (Wildman–Crippen LogP) is 3.59. The molecule has 1 amide bonds. The van der Waals surface area contributed by atoms with E-state index >= 15 is 0 Å². The van der Waals surface area contributed by atoms with Gasteiger partial charge in [0.05, 0.1) is 17.6 Å². The first-order chi connectivity index (χ1) is 12.4. The second-order valence-electron chi connectivity index (χ2n) is 8.12. The maximum Gasteiger partial charge on any atom is 0.230 e. The number of benzene rings is 1. The number of rotatable bonds is 5. The number of carbonyl (C=O) groups excluding carboxylic acids is 1. The standard InChI is InChI=1S/C21H31NO4/c1-14(2)26-17-8-6-16(7-9-17)22-20(23)21(3,4)15-5-10-18-19(13-15)25-12-11-24-18/h5,10,13-14,16-17H,6-9,11-12H2,1-4H3,(H,22,23). The normalized spacial score (nSPS) is 23.0. The van der Waals surface area contributed by atoms with Gasteiger partial charge in [-0.1, -0.05) is 6.07 Å². The van der Waals surface area contributed by atoms with E-state index < -0.39 is 5.41 Å². The van der Waals surface area contributed by atoms with Crippen LogP contribution >= 0.6 is 0 Å². The lowest BCUT2D eigenvalue weighted by atomic mass is 9.82. The van der Waals surface area contributed by atoms with Crippen LogP contribution in [0, 0.1) is 0 Å². The van der Waals surface area contributed by atoms with Crippen molar-refractivity contribution in [1.29, 1.82) is 0 Å². The molecule has 1 saturated carbocycles. The van der Waals surface area contributed by atoms with E-state index in [4.69, 9.17) is 14.2 Å². The van der Waals surface area contributed by atoms with E-state index in [1.165, 1.54) is 0 Å². The Labute approximate surface area is 156 Å². The molecule has 1 N–H and O–H groups in total. The van der Waals surface area contributed by atoms with Gasteiger partial charge in [-0.2, -0.15) is 0 Å². The molecular formula is C21H31NO4. The molecule has 1 aromatic carbocycles. The molecule has 1 fully saturated rings. The summed E-state index contributed by atoms with van der Waals surface area (Å²) in [5, 5.41) is 3.24. The van der Waals surface area contributed by atoms with Crippen molar-refractivity contribution < 1.29 is 19.0 Å². The highest BCUT2D eigenvalue weighted by molar-refractivity contribution is 5.87. The Kier molecular flexibility index (Phi) is 5.76. The summed E-state index contributed by atoms with van der Waals surface area (Å²) in [5.41, 5.74) is 0.317. The molecule has 3 rings (SSSR count). The fraction of sp³-hybridized carbons (Fsp3) is 0.667. The summed E-state index contributed by atoms with van der Waals surface area (Å²) < 4.78 is 17.1. The number of fused-ring (bicyclic) bond motifs is 1. The molecule has 0 aromatic heterocycles. The van der Waals surface area contributed by atoms with Crippen LogP contribution < -0.4 is 14.8 Å². The molecule has 1 aromatic rings.